The van der Waals surface area contributed by atoms with E-state index in [1.54, 1.807) is 0 Å². The molecule has 6 nitrogen and oxygen atoms in total. The second kappa shape index (κ2) is 9.17. The van der Waals surface area contributed by atoms with Crippen molar-refractivity contribution < 1.29 is 25.2 Å². The monoisotopic (exact) mass is 426 g/mol. The maximum Gasteiger partial charge on any atom is 0.264 e. The molecule has 0 saturated heterocycles. The number of aryl methyl sites for hydroxylation is 2. The van der Waals surface area contributed by atoms with Crippen LogP contribution in [0.25, 0.3) is 0 Å². The molecule has 2 atom stereocenters. The van der Waals surface area contributed by atoms with Crippen LogP contribution >= 0.6 is 0 Å². The molecule has 0 aromatic heterocycles. The molecule has 28 heavy (non-hydrogen) atoms. The van der Waals surface area contributed by atoms with Gasteiger partial charge in [-0.05, 0) is 37.8 Å². The van der Waals surface area contributed by atoms with Crippen molar-refractivity contribution in [1.82, 2.24) is 0 Å². The van der Waals surface area contributed by atoms with Crippen molar-refractivity contribution in [2.45, 2.75) is 38.9 Å². The smallest absolute Gasteiger partial charge is 0.262 e. The Labute approximate surface area is 167 Å². The predicted octanol–water partition coefficient (Wildman–Crippen LogP) is 3.82. The highest BCUT2D eigenvalue weighted by molar-refractivity contribution is 7.86. The molecular formula is C20H26O6S2. The minimum Gasteiger partial charge on any atom is -0.262 e. The highest BCUT2D eigenvalue weighted by Gasteiger charge is 2.23. The van der Waals surface area contributed by atoms with Crippen molar-refractivity contribution in [2.24, 2.45) is 0 Å². The molecule has 0 spiro atoms. The third-order valence-corrected chi connectivity index (χ3v) is 5.33. The molecular weight excluding hydrogens is 400 g/mol. The fourth-order valence-corrected chi connectivity index (χ4v) is 4.09. The largest absolute Gasteiger partial charge is 0.264 e. The molecule has 0 heterocycles. The number of hydrogen-bond acceptors (Lipinski definition) is 6. The third-order valence-electron chi connectivity index (χ3n) is 4.17. The zero-order valence-corrected chi connectivity index (χ0v) is 18.1. The van der Waals surface area contributed by atoms with Gasteiger partial charge in [-0.3, -0.25) is 8.37 Å². The molecule has 0 N–H and O–H groups in total. The summed E-state index contributed by atoms with van der Waals surface area (Å²) in [4.78, 5) is 0. The summed E-state index contributed by atoms with van der Waals surface area (Å²) >= 11 is 0. The van der Waals surface area contributed by atoms with Crippen LogP contribution in [0.4, 0.5) is 0 Å². The van der Waals surface area contributed by atoms with E-state index >= 15 is 0 Å². The van der Waals surface area contributed by atoms with Crippen molar-refractivity contribution >= 4 is 20.2 Å². The normalized spacial score (nSPS) is 14.6. The van der Waals surface area contributed by atoms with Crippen LogP contribution in [0.3, 0.4) is 0 Å². The Bertz CT molecular complexity index is 894. The quantitative estimate of drug-likeness (QED) is 0.567. The summed E-state index contributed by atoms with van der Waals surface area (Å²) in [7, 11) is -7.39. The molecule has 2 rings (SSSR count). The van der Waals surface area contributed by atoms with E-state index in [4.69, 9.17) is 8.37 Å². The minimum atomic E-state index is -3.69. The average Bonchev–Trinajstić information content (AvgIpc) is 2.57. The van der Waals surface area contributed by atoms with Crippen molar-refractivity contribution in [3.05, 3.63) is 70.8 Å². The van der Waals surface area contributed by atoms with Crippen molar-refractivity contribution in [2.75, 3.05) is 12.5 Å². The maximum absolute atomic E-state index is 11.7. The van der Waals surface area contributed by atoms with Gasteiger partial charge in [-0.15, -0.1) is 0 Å². The van der Waals surface area contributed by atoms with E-state index in [1.807, 2.05) is 62.4 Å². The van der Waals surface area contributed by atoms with Gasteiger partial charge in [0.05, 0.1) is 12.5 Å². The standard InChI is InChI=1S/C20H26O6S2/c1-15-5-9-17(10-6-15)19(25-27(3,21)22)13-14-20(26-28(4,23)24)18-11-7-16(2)8-12-18/h5-12,19-20H,13-14H2,1-4H3/t19-,20-/m0/s1. The second-order valence-electron chi connectivity index (χ2n) is 6.98. The highest BCUT2D eigenvalue weighted by atomic mass is 32.2. The van der Waals surface area contributed by atoms with Gasteiger partial charge in [-0.25, -0.2) is 0 Å². The molecule has 0 saturated carbocycles. The molecule has 0 amide bonds. The molecule has 0 aliphatic heterocycles. The summed E-state index contributed by atoms with van der Waals surface area (Å²) in [6, 6.07) is 14.7. The van der Waals surface area contributed by atoms with Gasteiger partial charge in [-0.1, -0.05) is 59.7 Å². The average molecular weight is 427 g/mol. The Morgan fingerprint density at radius 3 is 1.18 bits per heavy atom. The Kier molecular flexibility index (Phi) is 7.39. The zero-order chi connectivity index (χ0) is 20.9. The molecule has 2 aromatic rings. The van der Waals surface area contributed by atoms with E-state index in [-0.39, 0.29) is 12.8 Å². The van der Waals surface area contributed by atoms with Gasteiger partial charge < -0.3 is 0 Å². The van der Waals surface area contributed by atoms with Crippen molar-refractivity contribution in [3.63, 3.8) is 0 Å². The lowest BCUT2D eigenvalue weighted by Gasteiger charge is -2.21. The first-order valence-corrected chi connectivity index (χ1v) is 12.5. The summed E-state index contributed by atoms with van der Waals surface area (Å²) in [5.74, 6) is 0. The van der Waals surface area contributed by atoms with E-state index in [0.29, 0.717) is 11.1 Å². The molecule has 0 unspecified atom stereocenters. The van der Waals surface area contributed by atoms with Gasteiger partial charge in [-0.2, -0.15) is 16.8 Å². The minimum absolute atomic E-state index is 0.268. The Hall–Kier alpha value is -1.74. The fourth-order valence-electron chi connectivity index (χ4n) is 2.83. The van der Waals surface area contributed by atoms with Crippen LogP contribution in [0.2, 0.25) is 0 Å². The molecule has 0 bridgehead atoms. The summed E-state index contributed by atoms with van der Waals surface area (Å²) in [6.45, 7) is 3.87. The van der Waals surface area contributed by atoms with Gasteiger partial charge in [0, 0.05) is 0 Å². The zero-order valence-electron chi connectivity index (χ0n) is 16.5. The van der Waals surface area contributed by atoms with E-state index in [2.05, 4.69) is 0 Å². The van der Waals surface area contributed by atoms with Crippen LogP contribution in [-0.2, 0) is 28.6 Å². The molecule has 2 aromatic carbocycles. The van der Waals surface area contributed by atoms with Gasteiger partial charge in [0.1, 0.15) is 12.2 Å². The van der Waals surface area contributed by atoms with Gasteiger partial charge >= 0.3 is 0 Å². The third kappa shape index (κ3) is 7.71. The van der Waals surface area contributed by atoms with E-state index in [9.17, 15) is 16.8 Å². The summed E-state index contributed by atoms with van der Waals surface area (Å²) in [6.07, 6.45) is 1.07. The predicted molar refractivity (Wildman–Crippen MR) is 109 cm³/mol. The lowest BCUT2D eigenvalue weighted by molar-refractivity contribution is 0.152. The molecule has 154 valence electrons. The van der Waals surface area contributed by atoms with Crippen LogP contribution in [0, 0.1) is 13.8 Å². The molecule has 0 fully saturated rings. The van der Waals surface area contributed by atoms with E-state index in [1.165, 1.54) is 0 Å². The molecule has 0 aliphatic carbocycles. The van der Waals surface area contributed by atoms with Crippen molar-refractivity contribution in [3.8, 4) is 0 Å². The molecule has 8 heteroatoms. The first-order chi connectivity index (χ1) is 12.9. The first kappa shape index (κ1) is 22.5. The lowest BCUT2D eigenvalue weighted by atomic mass is 9.98. The lowest BCUT2D eigenvalue weighted by Crippen LogP contribution is -2.15. The van der Waals surface area contributed by atoms with Crippen molar-refractivity contribution in [1.29, 1.82) is 0 Å². The number of rotatable bonds is 9. The maximum atomic E-state index is 11.7. The summed E-state index contributed by atoms with van der Waals surface area (Å²) in [5, 5.41) is 0. The fraction of sp³-hybridized carbons (Fsp3) is 0.400. The SMILES string of the molecule is Cc1ccc([C@H](CC[C@H](OS(C)(=O)=O)c2ccc(C)cc2)OS(C)(=O)=O)cc1. The molecule has 0 aliphatic rings. The van der Waals surface area contributed by atoms with Crippen LogP contribution in [0.5, 0.6) is 0 Å². The number of hydrogen-bond donors (Lipinski definition) is 0. The van der Waals surface area contributed by atoms with Crippen LogP contribution in [-0.4, -0.2) is 29.3 Å². The van der Waals surface area contributed by atoms with Gasteiger partial charge in [0.25, 0.3) is 20.2 Å². The second-order valence-corrected chi connectivity index (χ2v) is 10.2. The topological polar surface area (TPSA) is 86.7 Å². The Balaban J connectivity index is 2.26. The Morgan fingerprint density at radius 1 is 0.643 bits per heavy atom. The van der Waals surface area contributed by atoms with Crippen LogP contribution < -0.4 is 0 Å². The first-order valence-electron chi connectivity index (χ1n) is 8.82. The van der Waals surface area contributed by atoms with E-state index < -0.39 is 32.4 Å². The summed E-state index contributed by atoms with van der Waals surface area (Å²) in [5.41, 5.74) is 3.50. The van der Waals surface area contributed by atoms with Crippen LogP contribution in [0.1, 0.15) is 47.3 Å². The van der Waals surface area contributed by atoms with Gasteiger partial charge in [0.2, 0.25) is 0 Å². The number of benzene rings is 2. The highest BCUT2D eigenvalue weighted by Crippen LogP contribution is 2.32. The van der Waals surface area contributed by atoms with Crippen LogP contribution in [0.15, 0.2) is 48.5 Å². The molecule has 0 radical (unpaired) electrons. The van der Waals surface area contributed by atoms with Gasteiger partial charge in [0.15, 0.2) is 0 Å². The summed E-state index contributed by atoms with van der Waals surface area (Å²) < 4.78 is 57.4. The van der Waals surface area contributed by atoms with E-state index in [0.717, 1.165) is 23.6 Å². The Morgan fingerprint density at radius 2 is 0.929 bits per heavy atom.